The predicted octanol–water partition coefficient (Wildman–Crippen LogP) is 2.71. The van der Waals surface area contributed by atoms with Gasteiger partial charge in [-0.2, -0.15) is 10.2 Å². The van der Waals surface area contributed by atoms with Gasteiger partial charge in [0, 0.05) is 18.9 Å². The van der Waals surface area contributed by atoms with Crippen molar-refractivity contribution in [2.75, 3.05) is 5.32 Å². The molecule has 0 unspecified atom stereocenters. The van der Waals surface area contributed by atoms with Crippen LogP contribution in [0.1, 0.15) is 28.5 Å². The fourth-order valence-electron chi connectivity index (χ4n) is 2.33. The molecule has 0 saturated heterocycles. The van der Waals surface area contributed by atoms with E-state index in [1.165, 1.54) is 11.1 Å². The summed E-state index contributed by atoms with van der Waals surface area (Å²) in [7, 11) is 0. The Labute approximate surface area is 134 Å². The van der Waals surface area contributed by atoms with E-state index < -0.39 is 0 Å². The van der Waals surface area contributed by atoms with Gasteiger partial charge < -0.3 is 5.32 Å². The second-order valence-electron chi connectivity index (χ2n) is 5.36. The summed E-state index contributed by atoms with van der Waals surface area (Å²) in [6.45, 7) is 5.46. The summed E-state index contributed by atoms with van der Waals surface area (Å²) >= 11 is 0. The Morgan fingerprint density at radius 2 is 2.04 bits per heavy atom. The number of amides is 1. The van der Waals surface area contributed by atoms with Crippen molar-refractivity contribution in [1.29, 1.82) is 0 Å². The number of hydrogen-bond donors (Lipinski definition) is 1. The van der Waals surface area contributed by atoms with Gasteiger partial charge in [-0.1, -0.05) is 24.3 Å². The van der Waals surface area contributed by atoms with Gasteiger partial charge in [-0.3, -0.25) is 14.2 Å². The van der Waals surface area contributed by atoms with Gasteiger partial charge in [0.05, 0.1) is 18.4 Å². The van der Waals surface area contributed by atoms with Gasteiger partial charge in [-0.05, 0) is 31.0 Å². The molecule has 0 atom stereocenters. The molecule has 23 heavy (non-hydrogen) atoms. The van der Waals surface area contributed by atoms with Crippen molar-refractivity contribution in [3.8, 4) is 0 Å². The van der Waals surface area contributed by atoms with Gasteiger partial charge in [-0.25, -0.2) is 0 Å². The number of nitrogens with one attached hydrogen (secondary N) is 1. The van der Waals surface area contributed by atoms with Crippen molar-refractivity contribution in [3.63, 3.8) is 0 Å². The molecule has 0 bridgehead atoms. The third-order valence-corrected chi connectivity index (χ3v) is 3.68. The minimum atomic E-state index is -0.229. The number of carbonyl (C=O) groups excluding carboxylic acids is 1. The number of hydrogen-bond acceptors (Lipinski definition) is 3. The number of aryl methyl sites for hydroxylation is 2. The Kier molecular flexibility index (Phi) is 4.23. The van der Waals surface area contributed by atoms with E-state index in [9.17, 15) is 4.79 Å². The van der Waals surface area contributed by atoms with Gasteiger partial charge in [0.2, 0.25) is 0 Å². The molecule has 0 spiro atoms. The molecular weight excluding hydrogens is 290 g/mol. The van der Waals surface area contributed by atoms with Crippen LogP contribution in [0.15, 0.2) is 48.9 Å². The van der Waals surface area contributed by atoms with Crippen molar-refractivity contribution in [2.45, 2.75) is 26.9 Å². The van der Waals surface area contributed by atoms with Gasteiger partial charge in [0.15, 0.2) is 5.69 Å². The van der Waals surface area contributed by atoms with E-state index in [1.807, 2.05) is 29.9 Å². The summed E-state index contributed by atoms with van der Waals surface area (Å²) in [4.78, 5) is 12.1. The second-order valence-corrected chi connectivity index (χ2v) is 5.36. The molecule has 1 amide bonds. The number of anilines is 1. The molecule has 0 fully saturated rings. The Morgan fingerprint density at radius 1 is 1.22 bits per heavy atom. The Hall–Kier alpha value is -2.89. The number of rotatable bonds is 5. The first kappa shape index (κ1) is 15.0. The SMILES string of the molecule is CCn1ccc(C(=O)Nc2cnn(Cc3ccccc3C)c2)n1. The zero-order valence-electron chi connectivity index (χ0n) is 13.2. The third kappa shape index (κ3) is 3.48. The smallest absolute Gasteiger partial charge is 0.276 e. The molecule has 1 aromatic carbocycles. The molecule has 118 valence electrons. The van der Waals surface area contributed by atoms with E-state index in [0.717, 1.165) is 6.54 Å². The van der Waals surface area contributed by atoms with E-state index in [2.05, 4.69) is 34.6 Å². The lowest BCUT2D eigenvalue weighted by Gasteiger charge is -2.05. The van der Waals surface area contributed by atoms with Crippen LogP contribution < -0.4 is 5.32 Å². The van der Waals surface area contributed by atoms with Crippen molar-refractivity contribution >= 4 is 11.6 Å². The topological polar surface area (TPSA) is 64.7 Å². The molecule has 3 rings (SSSR count). The average Bonchev–Trinajstić information content (AvgIpc) is 3.19. The lowest BCUT2D eigenvalue weighted by atomic mass is 10.1. The van der Waals surface area contributed by atoms with E-state index in [-0.39, 0.29) is 5.91 Å². The number of carbonyl (C=O) groups is 1. The van der Waals surface area contributed by atoms with Crippen LogP contribution in [0.2, 0.25) is 0 Å². The first-order chi connectivity index (χ1) is 11.2. The minimum absolute atomic E-state index is 0.229. The number of nitrogens with zero attached hydrogens (tertiary/aromatic N) is 4. The van der Waals surface area contributed by atoms with Crippen LogP contribution in [0.4, 0.5) is 5.69 Å². The summed E-state index contributed by atoms with van der Waals surface area (Å²) in [5.41, 5.74) is 3.49. The van der Waals surface area contributed by atoms with Gasteiger partial charge >= 0.3 is 0 Å². The Bertz CT molecular complexity index is 818. The summed E-state index contributed by atoms with van der Waals surface area (Å²) < 4.78 is 3.53. The van der Waals surface area contributed by atoms with E-state index >= 15 is 0 Å². The highest BCUT2D eigenvalue weighted by Crippen LogP contribution is 2.12. The average molecular weight is 309 g/mol. The lowest BCUT2D eigenvalue weighted by Crippen LogP contribution is -2.13. The fraction of sp³-hybridized carbons (Fsp3) is 0.235. The highest BCUT2D eigenvalue weighted by Gasteiger charge is 2.11. The summed E-state index contributed by atoms with van der Waals surface area (Å²) in [6, 6.07) is 9.89. The van der Waals surface area contributed by atoms with Crippen LogP contribution in [-0.2, 0) is 13.1 Å². The van der Waals surface area contributed by atoms with Crippen molar-refractivity contribution < 1.29 is 4.79 Å². The molecule has 0 saturated carbocycles. The maximum atomic E-state index is 12.1. The van der Waals surface area contributed by atoms with Crippen LogP contribution in [0.3, 0.4) is 0 Å². The van der Waals surface area contributed by atoms with Crippen molar-refractivity contribution in [2.24, 2.45) is 0 Å². The largest absolute Gasteiger partial charge is 0.318 e. The second kappa shape index (κ2) is 6.48. The fourth-order valence-corrected chi connectivity index (χ4v) is 2.33. The molecule has 3 aromatic rings. The van der Waals surface area contributed by atoms with Gasteiger partial charge in [0.25, 0.3) is 5.91 Å². The molecule has 0 radical (unpaired) electrons. The quantitative estimate of drug-likeness (QED) is 0.788. The monoisotopic (exact) mass is 309 g/mol. The van der Waals surface area contributed by atoms with Crippen molar-refractivity contribution in [1.82, 2.24) is 19.6 Å². The maximum Gasteiger partial charge on any atom is 0.276 e. The molecule has 0 aliphatic carbocycles. The molecule has 0 aliphatic heterocycles. The Morgan fingerprint density at radius 3 is 2.78 bits per heavy atom. The van der Waals surface area contributed by atoms with E-state index in [4.69, 9.17) is 0 Å². The third-order valence-electron chi connectivity index (χ3n) is 3.68. The molecule has 6 nitrogen and oxygen atoms in total. The molecular formula is C17H19N5O. The number of benzene rings is 1. The molecule has 6 heteroatoms. The zero-order valence-corrected chi connectivity index (χ0v) is 13.2. The molecule has 2 heterocycles. The highest BCUT2D eigenvalue weighted by molar-refractivity contribution is 6.02. The normalized spacial score (nSPS) is 10.7. The van der Waals surface area contributed by atoms with Crippen LogP contribution in [0.5, 0.6) is 0 Å². The first-order valence-electron chi connectivity index (χ1n) is 7.57. The zero-order chi connectivity index (χ0) is 16.2. The van der Waals surface area contributed by atoms with Gasteiger partial charge in [-0.15, -0.1) is 0 Å². The summed E-state index contributed by atoms with van der Waals surface area (Å²) in [6.07, 6.45) is 5.25. The molecule has 2 aromatic heterocycles. The highest BCUT2D eigenvalue weighted by atomic mass is 16.2. The van der Waals surface area contributed by atoms with Crippen molar-refractivity contribution in [3.05, 3.63) is 65.7 Å². The van der Waals surface area contributed by atoms with Gasteiger partial charge in [0.1, 0.15) is 0 Å². The molecule has 1 N–H and O–H groups in total. The molecule has 0 aliphatic rings. The Balaban J connectivity index is 1.67. The van der Waals surface area contributed by atoms with Crippen LogP contribution in [0, 0.1) is 6.92 Å². The number of aromatic nitrogens is 4. The summed E-state index contributed by atoms with van der Waals surface area (Å²) in [5.74, 6) is -0.229. The maximum absolute atomic E-state index is 12.1. The predicted molar refractivity (Wildman–Crippen MR) is 88.4 cm³/mol. The van der Waals surface area contributed by atoms with Crippen LogP contribution in [-0.4, -0.2) is 25.5 Å². The standard InChI is InChI=1S/C17H19N5O/c1-3-21-9-8-16(20-21)17(23)19-15-10-18-22(12-15)11-14-7-5-4-6-13(14)2/h4-10,12H,3,11H2,1-2H3,(H,19,23). The van der Waals surface area contributed by atoms with E-state index in [1.54, 1.807) is 23.1 Å². The summed E-state index contributed by atoms with van der Waals surface area (Å²) in [5, 5.41) is 11.3. The van der Waals surface area contributed by atoms with Crippen LogP contribution >= 0.6 is 0 Å². The van der Waals surface area contributed by atoms with Crippen LogP contribution in [0.25, 0.3) is 0 Å². The lowest BCUT2D eigenvalue weighted by molar-refractivity contribution is 0.102. The first-order valence-corrected chi connectivity index (χ1v) is 7.57. The van der Waals surface area contributed by atoms with E-state index in [0.29, 0.717) is 17.9 Å². The minimum Gasteiger partial charge on any atom is -0.318 e.